The van der Waals surface area contributed by atoms with Crippen molar-refractivity contribution in [3.05, 3.63) is 28.2 Å². The molecule has 0 aliphatic carbocycles. The van der Waals surface area contributed by atoms with E-state index in [4.69, 9.17) is 28.9 Å². The molecule has 10 heteroatoms. The normalized spacial score (nSPS) is 11.4. The molecule has 2 aromatic rings. The Morgan fingerprint density at radius 2 is 2.00 bits per heavy atom. The highest BCUT2D eigenvalue weighted by Crippen LogP contribution is 2.28. The summed E-state index contributed by atoms with van der Waals surface area (Å²) in [5, 5.41) is 7.53. The van der Waals surface area contributed by atoms with Gasteiger partial charge in [0.2, 0.25) is 5.13 Å². The van der Waals surface area contributed by atoms with Crippen molar-refractivity contribution in [3.8, 4) is 0 Å². The molecule has 0 saturated carbocycles. The van der Waals surface area contributed by atoms with Crippen LogP contribution >= 0.6 is 34.5 Å². The van der Waals surface area contributed by atoms with Crippen LogP contribution in [0.15, 0.2) is 22.5 Å². The van der Waals surface area contributed by atoms with Crippen LogP contribution in [0.2, 0.25) is 10.0 Å². The number of hydrogen-bond acceptors (Lipinski definition) is 6. The van der Waals surface area contributed by atoms with Crippen molar-refractivity contribution in [3.63, 3.8) is 0 Å². The van der Waals surface area contributed by atoms with Crippen LogP contribution in [0.3, 0.4) is 0 Å². The van der Waals surface area contributed by atoms with E-state index < -0.39 is 10.0 Å². The number of sulfonamides is 1. The Labute approximate surface area is 117 Å². The number of benzene rings is 1. The van der Waals surface area contributed by atoms with Crippen molar-refractivity contribution >= 4 is 55.4 Å². The SMILES string of the molecule is Nc1nnc(S(=O)(=O)Nc2cc(Cl)ccc2Cl)s1. The number of hydrogen-bond donors (Lipinski definition) is 2. The van der Waals surface area contributed by atoms with Crippen molar-refractivity contribution in [1.82, 2.24) is 10.2 Å². The van der Waals surface area contributed by atoms with Crippen LogP contribution in [0.5, 0.6) is 0 Å². The van der Waals surface area contributed by atoms with Crippen LogP contribution in [0, 0.1) is 0 Å². The van der Waals surface area contributed by atoms with Crippen LogP contribution in [0.1, 0.15) is 0 Å². The monoisotopic (exact) mass is 324 g/mol. The summed E-state index contributed by atoms with van der Waals surface area (Å²) in [5.41, 5.74) is 5.49. The first-order valence-corrected chi connectivity index (χ1v) is 7.51. The van der Waals surface area contributed by atoms with E-state index in [2.05, 4.69) is 14.9 Å². The Bertz CT molecular complexity index is 686. The fourth-order valence-electron chi connectivity index (χ4n) is 1.09. The number of nitrogens with one attached hydrogen (secondary N) is 1. The third kappa shape index (κ3) is 2.83. The molecular weight excluding hydrogens is 319 g/mol. The minimum atomic E-state index is -3.86. The van der Waals surface area contributed by atoms with Crippen molar-refractivity contribution in [2.75, 3.05) is 10.5 Å². The Morgan fingerprint density at radius 3 is 2.61 bits per heavy atom. The number of nitrogen functional groups attached to an aromatic ring is 1. The van der Waals surface area contributed by atoms with Crippen LogP contribution in [-0.4, -0.2) is 18.6 Å². The molecular formula is C8H6Cl2N4O2S2. The van der Waals surface area contributed by atoms with Gasteiger partial charge in [-0.05, 0) is 18.2 Å². The van der Waals surface area contributed by atoms with Gasteiger partial charge in [-0.25, -0.2) is 0 Å². The molecule has 0 aliphatic rings. The van der Waals surface area contributed by atoms with E-state index in [1.54, 1.807) is 6.07 Å². The van der Waals surface area contributed by atoms with E-state index in [0.29, 0.717) is 5.02 Å². The number of anilines is 2. The molecule has 1 heterocycles. The Balaban J connectivity index is 2.36. The molecule has 0 atom stereocenters. The Hall–Kier alpha value is -1.09. The second-order valence-electron chi connectivity index (χ2n) is 3.14. The molecule has 1 aromatic heterocycles. The molecule has 0 amide bonds. The summed E-state index contributed by atoms with van der Waals surface area (Å²) in [4.78, 5) is 0. The van der Waals surface area contributed by atoms with E-state index >= 15 is 0 Å². The fourth-order valence-corrected chi connectivity index (χ4v) is 3.34. The third-order valence-corrected chi connectivity index (χ3v) is 4.87. The van der Waals surface area contributed by atoms with Gasteiger partial charge in [-0.15, -0.1) is 10.2 Å². The number of rotatable bonds is 3. The average Bonchev–Trinajstić information content (AvgIpc) is 2.71. The summed E-state index contributed by atoms with van der Waals surface area (Å²) in [6.07, 6.45) is 0. The van der Waals surface area contributed by atoms with E-state index in [1.165, 1.54) is 12.1 Å². The zero-order valence-corrected chi connectivity index (χ0v) is 11.7. The lowest BCUT2D eigenvalue weighted by Crippen LogP contribution is -2.13. The Kier molecular flexibility index (Phi) is 3.62. The maximum absolute atomic E-state index is 11.9. The summed E-state index contributed by atoms with van der Waals surface area (Å²) in [7, 11) is -3.86. The number of nitrogens with zero attached hydrogens (tertiary/aromatic N) is 2. The van der Waals surface area contributed by atoms with Crippen molar-refractivity contribution in [2.24, 2.45) is 0 Å². The molecule has 96 valence electrons. The largest absolute Gasteiger partial charge is 0.374 e. The third-order valence-electron chi connectivity index (χ3n) is 1.82. The lowest BCUT2D eigenvalue weighted by Gasteiger charge is -2.07. The highest BCUT2D eigenvalue weighted by atomic mass is 35.5. The summed E-state index contributed by atoms with van der Waals surface area (Å²) in [5.74, 6) is 0. The second kappa shape index (κ2) is 4.88. The molecule has 2 rings (SSSR count). The highest BCUT2D eigenvalue weighted by Gasteiger charge is 2.20. The first-order valence-electron chi connectivity index (χ1n) is 4.45. The van der Waals surface area contributed by atoms with Gasteiger partial charge in [0.25, 0.3) is 14.4 Å². The van der Waals surface area contributed by atoms with Gasteiger partial charge in [0.05, 0.1) is 10.7 Å². The Morgan fingerprint density at radius 1 is 1.28 bits per heavy atom. The van der Waals surface area contributed by atoms with Crippen LogP contribution in [0.25, 0.3) is 0 Å². The van der Waals surface area contributed by atoms with Gasteiger partial charge in [-0.1, -0.05) is 34.5 Å². The molecule has 18 heavy (non-hydrogen) atoms. The lowest BCUT2D eigenvalue weighted by molar-refractivity contribution is 0.599. The topological polar surface area (TPSA) is 98.0 Å². The zero-order chi connectivity index (χ0) is 13.3. The molecule has 6 nitrogen and oxygen atoms in total. The summed E-state index contributed by atoms with van der Waals surface area (Å²) < 4.78 is 25.9. The average molecular weight is 325 g/mol. The smallest absolute Gasteiger partial charge is 0.291 e. The predicted octanol–water partition coefficient (Wildman–Crippen LogP) is 2.23. The van der Waals surface area contributed by atoms with Crippen LogP contribution < -0.4 is 10.5 Å². The summed E-state index contributed by atoms with van der Waals surface area (Å²) in [6.45, 7) is 0. The first-order chi connectivity index (χ1) is 8.38. The van der Waals surface area contributed by atoms with Crippen molar-refractivity contribution in [2.45, 2.75) is 4.34 Å². The number of nitrogens with two attached hydrogens (primary N) is 1. The molecule has 1 aromatic carbocycles. The molecule has 0 radical (unpaired) electrons. The number of halogens is 2. The van der Waals surface area contributed by atoms with Gasteiger partial charge in [0, 0.05) is 5.02 Å². The van der Waals surface area contributed by atoms with Crippen molar-refractivity contribution in [1.29, 1.82) is 0 Å². The molecule has 3 N–H and O–H groups in total. The van der Waals surface area contributed by atoms with E-state index in [-0.39, 0.29) is 20.2 Å². The van der Waals surface area contributed by atoms with Crippen LogP contribution in [-0.2, 0) is 10.0 Å². The molecule has 0 fully saturated rings. The van der Waals surface area contributed by atoms with Gasteiger partial charge < -0.3 is 5.73 Å². The standard InChI is InChI=1S/C8H6Cl2N4O2S2/c9-4-1-2-5(10)6(3-4)14-18(15,16)8-13-12-7(11)17-8/h1-3,14H,(H2,11,12). The lowest BCUT2D eigenvalue weighted by atomic mass is 10.3. The highest BCUT2D eigenvalue weighted by molar-refractivity contribution is 7.94. The second-order valence-corrected chi connectivity index (χ2v) is 6.84. The van der Waals surface area contributed by atoms with Gasteiger partial charge in [-0.2, -0.15) is 8.42 Å². The number of aromatic nitrogens is 2. The maximum atomic E-state index is 11.9. The van der Waals surface area contributed by atoms with Gasteiger partial charge in [-0.3, -0.25) is 4.72 Å². The minimum Gasteiger partial charge on any atom is -0.374 e. The zero-order valence-electron chi connectivity index (χ0n) is 8.59. The summed E-state index contributed by atoms with van der Waals surface area (Å²) in [6, 6.07) is 4.42. The van der Waals surface area contributed by atoms with E-state index in [9.17, 15) is 8.42 Å². The van der Waals surface area contributed by atoms with Gasteiger partial charge in [0.1, 0.15) is 0 Å². The first kappa shape index (κ1) is 13.3. The van der Waals surface area contributed by atoms with Crippen LogP contribution in [0.4, 0.5) is 10.8 Å². The molecule has 0 unspecified atom stereocenters. The van der Waals surface area contributed by atoms with E-state index in [1.807, 2.05) is 0 Å². The van der Waals surface area contributed by atoms with Gasteiger partial charge >= 0.3 is 0 Å². The maximum Gasteiger partial charge on any atom is 0.291 e. The van der Waals surface area contributed by atoms with Crippen molar-refractivity contribution < 1.29 is 8.42 Å². The fraction of sp³-hybridized carbons (Fsp3) is 0. The van der Waals surface area contributed by atoms with E-state index in [0.717, 1.165) is 11.3 Å². The molecule has 0 aliphatic heterocycles. The predicted molar refractivity (Wildman–Crippen MR) is 71.6 cm³/mol. The quantitative estimate of drug-likeness (QED) is 0.902. The minimum absolute atomic E-state index is 0.0626. The molecule has 0 saturated heterocycles. The van der Waals surface area contributed by atoms with Gasteiger partial charge in [0.15, 0.2) is 0 Å². The molecule has 0 bridgehead atoms. The summed E-state index contributed by atoms with van der Waals surface area (Å²) >= 11 is 12.4. The molecule has 0 spiro atoms.